The smallest absolute Gasteiger partial charge is 0.408 e. The fourth-order valence-electron chi connectivity index (χ4n) is 8.02. The van der Waals surface area contributed by atoms with Crippen LogP contribution in [0.25, 0.3) is 21.8 Å². The third-order valence-electron chi connectivity index (χ3n) is 12.0. The summed E-state index contributed by atoms with van der Waals surface area (Å²) in [5.74, 6) is 3.47. The highest BCUT2D eigenvalue weighted by Crippen LogP contribution is 2.35. The number of hydrogen-bond acceptors (Lipinski definition) is 18. The number of nitrogen functional groups attached to an aromatic ring is 2. The fourth-order valence-corrected chi connectivity index (χ4v) is 8.02. The average Bonchev–Trinajstić information content (AvgIpc) is 3.41. The van der Waals surface area contributed by atoms with Crippen LogP contribution in [0.3, 0.4) is 0 Å². The van der Waals surface area contributed by atoms with Crippen LogP contribution in [0, 0.1) is 0 Å². The number of alkyl carbamates (subject to hydrolysis) is 2. The quantitative estimate of drug-likeness (QED) is 0.117. The highest BCUT2D eigenvalue weighted by atomic mass is 35.5. The van der Waals surface area contributed by atoms with Gasteiger partial charge < -0.3 is 75.6 Å². The van der Waals surface area contributed by atoms with Crippen LogP contribution in [0.2, 0.25) is 0 Å². The van der Waals surface area contributed by atoms with Crippen molar-refractivity contribution >= 4 is 94.2 Å². The summed E-state index contributed by atoms with van der Waals surface area (Å²) in [5.41, 5.74) is 15.4. The minimum atomic E-state index is -0.713. The Hall–Kier alpha value is -8.02. The molecule has 0 spiro atoms. The molecule has 8 N–H and O–H groups in total. The number of piperazine rings is 2. The van der Waals surface area contributed by atoms with E-state index in [-0.39, 0.29) is 55.3 Å². The maximum absolute atomic E-state index is 12.9. The molecule has 0 bridgehead atoms. The first-order valence-corrected chi connectivity index (χ1v) is 23.2. The molecule has 0 radical (unpaired) electrons. The first-order valence-electron chi connectivity index (χ1n) is 23.2. The molecule has 25 heteroatoms. The van der Waals surface area contributed by atoms with Crippen LogP contribution in [0.1, 0.15) is 25.0 Å². The number of halogens is 2. The van der Waals surface area contributed by atoms with E-state index in [1.54, 1.807) is 76.4 Å². The number of fused-ring (bicyclic) bond motifs is 2. The first-order chi connectivity index (χ1) is 34.8. The molecule has 0 saturated carbocycles. The predicted molar refractivity (Wildman–Crippen MR) is 288 cm³/mol. The van der Waals surface area contributed by atoms with E-state index in [0.29, 0.717) is 121 Å². The molecule has 2 fully saturated rings. The monoisotopic (exact) mass is 1080 g/mol. The van der Waals surface area contributed by atoms with Crippen molar-refractivity contribution in [1.29, 1.82) is 0 Å². The number of nitrogens with zero attached hydrogens (tertiary/aromatic N) is 8. The van der Waals surface area contributed by atoms with Crippen molar-refractivity contribution in [2.75, 3.05) is 102 Å². The van der Waals surface area contributed by atoms with Gasteiger partial charge in [-0.15, -0.1) is 24.8 Å². The molecule has 8 rings (SSSR count). The lowest BCUT2D eigenvalue weighted by molar-refractivity contribution is -0.133. The SMILES string of the molecule is COc1cc2nc(N3CCN(C(=O)C(C)NC(=O)OCc4ccccc4)CC3)nc(N)c2cc1OC.COc1cc2nc(N3CCN(C(=O)C(C)NC(=O)OCc4ccccc4)CC3)nc(N)c2cc1OC.Cl.Cl.O. The van der Waals surface area contributed by atoms with E-state index in [0.717, 1.165) is 11.1 Å². The van der Waals surface area contributed by atoms with Crippen molar-refractivity contribution in [1.82, 2.24) is 40.4 Å². The summed E-state index contributed by atoms with van der Waals surface area (Å²) in [6.07, 6.45) is -1.27. The van der Waals surface area contributed by atoms with Crippen LogP contribution in [-0.2, 0) is 32.3 Å². The Kier molecular flexibility index (Phi) is 22.1. The number of nitrogens with one attached hydrogen (secondary N) is 2. The number of carbonyl (C=O) groups is 4. The standard InChI is InChI=1S/2C25H30N6O5.2ClH.H2O/c2*1-16(27-25(33)36-15-17-7-5-4-6-8-17)23(32)30-9-11-31(12-10-30)24-28-19-14-21(35-3)20(34-2)13-18(19)22(26)29-24;;;/h2*4-8,13-14,16H,9-12,15H2,1-3H3,(H,27,33)(H2,26,28,29);2*1H;1H2. The van der Waals surface area contributed by atoms with Gasteiger partial charge in [0.05, 0.1) is 39.5 Å². The summed E-state index contributed by atoms with van der Waals surface area (Å²) in [4.78, 5) is 75.6. The molecule has 23 nitrogen and oxygen atoms in total. The number of ether oxygens (including phenoxy) is 6. The summed E-state index contributed by atoms with van der Waals surface area (Å²) >= 11 is 0. The summed E-state index contributed by atoms with van der Waals surface area (Å²) in [6, 6.07) is 24.3. The molecule has 2 atom stereocenters. The van der Waals surface area contributed by atoms with Gasteiger partial charge in [-0.05, 0) is 37.1 Å². The summed E-state index contributed by atoms with van der Waals surface area (Å²) in [7, 11) is 6.23. The van der Waals surface area contributed by atoms with Gasteiger partial charge in [0.25, 0.3) is 0 Å². The van der Waals surface area contributed by atoms with Gasteiger partial charge in [-0.2, -0.15) is 9.97 Å². The number of carbonyl (C=O) groups excluding carboxylic acids is 4. The second kappa shape index (κ2) is 27.9. The second-order valence-electron chi connectivity index (χ2n) is 16.7. The lowest BCUT2D eigenvalue weighted by Crippen LogP contribution is -2.54. The highest BCUT2D eigenvalue weighted by Gasteiger charge is 2.29. The maximum atomic E-state index is 12.9. The van der Waals surface area contributed by atoms with E-state index in [1.165, 1.54) is 0 Å². The van der Waals surface area contributed by atoms with E-state index < -0.39 is 24.3 Å². The van der Waals surface area contributed by atoms with Gasteiger partial charge in [-0.3, -0.25) is 9.59 Å². The van der Waals surface area contributed by atoms with E-state index in [1.807, 2.05) is 70.5 Å². The number of amides is 4. The Bertz CT molecular complexity index is 2670. The molecular weight excluding hydrogens is 1020 g/mol. The van der Waals surface area contributed by atoms with Crippen LogP contribution in [0.4, 0.5) is 33.1 Å². The number of nitrogens with two attached hydrogens (primary N) is 2. The van der Waals surface area contributed by atoms with Crippen molar-refractivity contribution in [3.8, 4) is 23.0 Å². The molecule has 2 aromatic heterocycles. The number of anilines is 4. The lowest BCUT2D eigenvalue weighted by Gasteiger charge is -2.36. The van der Waals surface area contributed by atoms with Crippen molar-refractivity contribution < 1.29 is 53.1 Å². The third kappa shape index (κ3) is 15.0. The predicted octanol–water partition coefficient (Wildman–Crippen LogP) is 4.40. The molecule has 2 aliphatic rings. The van der Waals surface area contributed by atoms with Gasteiger partial charge in [-0.25, -0.2) is 19.6 Å². The Morgan fingerprint density at radius 1 is 0.520 bits per heavy atom. The Labute approximate surface area is 446 Å². The summed E-state index contributed by atoms with van der Waals surface area (Å²) in [5, 5.41) is 6.56. The van der Waals surface area contributed by atoms with E-state index in [4.69, 9.17) is 39.9 Å². The largest absolute Gasteiger partial charge is 0.493 e. The van der Waals surface area contributed by atoms with Crippen molar-refractivity contribution in [3.05, 3.63) is 96.1 Å². The third-order valence-corrected chi connectivity index (χ3v) is 12.0. The van der Waals surface area contributed by atoms with Gasteiger partial charge >= 0.3 is 12.2 Å². The van der Waals surface area contributed by atoms with Crippen LogP contribution in [0.15, 0.2) is 84.9 Å². The molecule has 404 valence electrons. The molecule has 75 heavy (non-hydrogen) atoms. The molecule has 4 aromatic carbocycles. The normalized spacial score (nSPS) is 13.7. The minimum Gasteiger partial charge on any atom is -0.493 e. The Balaban J connectivity index is 0.000000312. The van der Waals surface area contributed by atoms with Crippen LogP contribution >= 0.6 is 24.8 Å². The van der Waals surface area contributed by atoms with Gasteiger partial charge in [0.15, 0.2) is 23.0 Å². The summed E-state index contributed by atoms with van der Waals surface area (Å²) in [6.45, 7) is 7.48. The topological polar surface area (TPSA) is 296 Å². The van der Waals surface area contributed by atoms with E-state index >= 15 is 0 Å². The molecule has 4 amide bonds. The number of rotatable bonds is 14. The minimum absolute atomic E-state index is 0. The Morgan fingerprint density at radius 2 is 0.840 bits per heavy atom. The van der Waals surface area contributed by atoms with Gasteiger partial charge in [0.1, 0.15) is 36.9 Å². The number of aromatic nitrogens is 4. The Morgan fingerprint density at radius 3 is 1.16 bits per heavy atom. The fraction of sp³-hybridized carbons (Fsp3) is 0.360. The number of hydrogen-bond donors (Lipinski definition) is 4. The summed E-state index contributed by atoms with van der Waals surface area (Å²) < 4.78 is 31.9. The second-order valence-corrected chi connectivity index (χ2v) is 16.7. The van der Waals surface area contributed by atoms with Crippen LogP contribution in [0.5, 0.6) is 23.0 Å². The average molecular weight is 1080 g/mol. The lowest BCUT2D eigenvalue weighted by atomic mass is 10.2. The molecule has 2 saturated heterocycles. The van der Waals surface area contributed by atoms with Gasteiger partial charge in [0.2, 0.25) is 23.7 Å². The molecule has 2 unspecified atom stereocenters. The molecule has 6 aromatic rings. The van der Waals surface area contributed by atoms with Crippen molar-refractivity contribution in [2.24, 2.45) is 0 Å². The zero-order chi connectivity index (χ0) is 51.3. The number of methoxy groups -OCH3 is 4. The van der Waals surface area contributed by atoms with Crippen molar-refractivity contribution in [2.45, 2.75) is 39.1 Å². The molecule has 0 aliphatic carbocycles. The van der Waals surface area contributed by atoms with Crippen LogP contribution < -0.4 is 50.8 Å². The molecular formula is C50H64Cl2N12O11. The van der Waals surface area contributed by atoms with E-state index in [9.17, 15) is 19.2 Å². The highest BCUT2D eigenvalue weighted by molar-refractivity contribution is 5.93. The van der Waals surface area contributed by atoms with Crippen molar-refractivity contribution in [3.63, 3.8) is 0 Å². The van der Waals surface area contributed by atoms with Gasteiger partial charge in [0, 0.05) is 75.3 Å². The molecule has 4 heterocycles. The van der Waals surface area contributed by atoms with E-state index in [2.05, 4.69) is 30.6 Å². The first kappa shape index (κ1) is 59.5. The molecule has 2 aliphatic heterocycles. The zero-order valence-corrected chi connectivity index (χ0v) is 44.1. The zero-order valence-electron chi connectivity index (χ0n) is 42.4. The number of benzene rings is 4. The maximum Gasteiger partial charge on any atom is 0.408 e. The van der Waals surface area contributed by atoms with Crippen LogP contribution in [-0.4, -0.2) is 152 Å². The van der Waals surface area contributed by atoms with Gasteiger partial charge in [-0.1, -0.05) is 60.7 Å².